The van der Waals surface area contributed by atoms with Gasteiger partial charge in [-0.3, -0.25) is 4.79 Å². The minimum absolute atomic E-state index is 0.0158. The van der Waals surface area contributed by atoms with Gasteiger partial charge in [-0.2, -0.15) is 4.98 Å². The summed E-state index contributed by atoms with van der Waals surface area (Å²) in [4.78, 5) is 42.4. The zero-order valence-electron chi connectivity index (χ0n) is 23.5. The molecule has 10 nitrogen and oxygen atoms in total. The fraction of sp³-hybridized carbons (Fsp3) is 0.310. The van der Waals surface area contributed by atoms with E-state index in [1.807, 2.05) is 43.3 Å². The van der Waals surface area contributed by atoms with E-state index in [9.17, 15) is 9.59 Å². The van der Waals surface area contributed by atoms with Crippen LogP contribution < -0.4 is 26.3 Å². The molecule has 11 heteroatoms. The predicted molar refractivity (Wildman–Crippen MR) is 162 cm³/mol. The minimum Gasteiger partial charge on any atom is -0.412 e. The van der Waals surface area contributed by atoms with E-state index in [1.165, 1.54) is 12.7 Å². The first-order chi connectivity index (χ1) is 19.0. The molecule has 0 fully saturated rings. The highest BCUT2D eigenvalue weighted by molar-refractivity contribution is 6.33. The van der Waals surface area contributed by atoms with Gasteiger partial charge < -0.3 is 25.7 Å². The number of hydrogen-bond donors (Lipinski definition) is 3. The monoisotopic (exact) mass is 563 g/mol. The van der Waals surface area contributed by atoms with Crippen LogP contribution in [0.15, 0.2) is 59.5 Å². The molecular formula is C29H34ClN7O3. The molecule has 2 heterocycles. The number of rotatable bonds is 8. The molecule has 0 radical (unpaired) electrons. The number of aromatic nitrogens is 3. The number of pyridine rings is 1. The molecule has 0 aliphatic heterocycles. The average molecular weight is 564 g/mol. The second-order valence-electron chi connectivity index (χ2n) is 10.6. The molecule has 4 aromatic rings. The van der Waals surface area contributed by atoms with Gasteiger partial charge in [0.05, 0.1) is 5.56 Å². The number of hydrogen-bond acceptors (Lipinski definition) is 7. The number of benzene rings is 2. The second-order valence-corrected chi connectivity index (χ2v) is 11.1. The van der Waals surface area contributed by atoms with Crippen LogP contribution in [0.25, 0.3) is 22.2 Å². The number of halogens is 1. The van der Waals surface area contributed by atoms with Crippen LogP contribution in [0, 0.1) is 0 Å². The molecule has 0 bridgehead atoms. The van der Waals surface area contributed by atoms with Crippen molar-refractivity contribution in [2.75, 3.05) is 50.2 Å². The lowest BCUT2D eigenvalue weighted by atomic mass is 9.87. The van der Waals surface area contributed by atoms with Gasteiger partial charge in [-0.05, 0) is 61.5 Å². The maximum absolute atomic E-state index is 13.4. The molecule has 40 heavy (non-hydrogen) atoms. The molecule has 210 valence electrons. The zero-order chi connectivity index (χ0) is 29.0. The molecule has 2 amide bonds. The highest BCUT2D eigenvalue weighted by atomic mass is 35.5. The Labute approximate surface area is 238 Å². The molecule has 4 rings (SSSR count). The third kappa shape index (κ3) is 6.70. The molecule has 0 spiro atoms. The molecule has 0 saturated heterocycles. The molecule has 3 N–H and O–H groups in total. The molecule has 0 atom stereocenters. The summed E-state index contributed by atoms with van der Waals surface area (Å²) < 4.78 is 1.11. The standard InChI is InChI=1S/C29H34ClN7O3/c1-29(2,3)19-7-9-20(10-8-19)33-28(39)34-21-11-12-24(30)22(16-21)23-15-18-17-32-27(31-13-14-36(4)5)35-25(18)37(40-6)26(23)38/h7-12,15-17H,13-14H2,1-6H3,(H,31,32,35)(H2,33,34,39). The molecular weight excluding hydrogens is 530 g/mol. The second kappa shape index (κ2) is 11.9. The topological polar surface area (TPSA) is 113 Å². The number of urea groups is 1. The van der Waals surface area contributed by atoms with Crippen molar-refractivity contribution in [3.05, 3.63) is 75.7 Å². The third-order valence-corrected chi connectivity index (χ3v) is 6.58. The predicted octanol–water partition coefficient (Wildman–Crippen LogP) is 5.09. The van der Waals surface area contributed by atoms with Crippen molar-refractivity contribution in [2.24, 2.45) is 0 Å². The van der Waals surface area contributed by atoms with Crippen LogP contribution in [-0.2, 0) is 5.41 Å². The van der Waals surface area contributed by atoms with Gasteiger partial charge in [0.1, 0.15) is 7.11 Å². The average Bonchev–Trinajstić information content (AvgIpc) is 2.89. The van der Waals surface area contributed by atoms with Crippen LogP contribution in [0.4, 0.5) is 22.1 Å². The molecule has 2 aromatic heterocycles. The highest BCUT2D eigenvalue weighted by Gasteiger charge is 2.17. The van der Waals surface area contributed by atoms with Crippen LogP contribution >= 0.6 is 11.6 Å². The van der Waals surface area contributed by atoms with Gasteiger partial charge in [-0.25, -0.2) is 9.78 Å². The first kappa shape index (κ1) is 28.8. The summed E-state index contributed by atoms with van der Waals surface area (Å²) in [6.45, 7) is 7.83. The Morgan fingerprint density at radius 3 is 2.35 bits per heavy atom. The molecule has 0 aliphatic carbocycles. The number of amides is 2. The number of nitrogens with zero attached hydrogens (tertiary/aromatic N) is 4. The summed E-state index contributed by atoms with van der Waals surface area (Å²) in [6.07, 6.45) is 1.62. The van der Waals surface area contributed by atoms with Crippen molar-refractivity contribution >= 4 is 46.0 Å². The van der Waals surface area contributed by atoms with Gasteiger partial charge in [0.2, 0.25) is 5.95 Å². The van der Waals surface area contributed by atoms with Crippen molar-refractivity contribution in [1.82, 2.24) is 19.6 Å². The van der Waals surface area contributed by atoms with Crippen molar-refractivity contribution in [3.63, 3.8) is 0 Å². The van der Waals surface area contributed by atoms with E-state index in [1.54, 1.807) is 30.5 Å². The number of carbonyl (C=O) groups excluding carboxylic acids is 1. The third-order valence-electron chi connectivity index (χ3n) is 6.25. The highest BCUT2D eigenvalue weighted by Crippen LogP contribution is 2.30. The van der Waals surface area contributed by atoms with Crippen LogP contribution in [0.3, 0.4) is 0 Å². The Hall–Kier alpha value is -4.15. The van der Waals surface area contributed by atoms with Gasteiger partial charge in [0, 0.05) is 46.6 Å². The number of nitrogens with one attached hydrogen (secondary N) is 3. The van der Waals surface area contributed by atoms with Crippen LogP contribution in [0.1, 0.15) is 26.3 Å². The van der Waals surface area contributed by atoms with Crippen molar-refractivity contribution in [2.45, 2.75) is 26.2 Å². The first-order valence-electron chi connectivity index (χ1n) is 12.8. The van der Waals surface area contributed by atoms with Gasteiger partial charge in [-0.15, -0.1) is 4.73 Å². The molecule has 2 aromatic carbocycles. The Morgan fingerprint density at radius 2 is 1.70 bits per heavy atom. The van der Waals surface area contributed by atoms with Crippen LogP contribution in [0.5, 0.6) is 0 Å². The van der Waals surface area contributed by atoms with E-state index in [2.05, 4.69) is 46.7 Å². The summed E-state index contributed by atoms with van der Waals surface area (Å²) in [5, 5.41) is 9.70. The fourth-order valence-electron chi connectivity index (χ4n) is 4.06. The van der Waals surface area contributed by atoms with Gasteiger partial charge in [-0.1, -0.05) is 44.5 Å². The number of carbonyl (C=O) groups is 1. The van der Waals surface area contributed by atoms with Crippen LogP contribution in [0.2, 0.25) is 5.02 Å². The van der Waals surface area contributed by atoms with E-state index in [-0.39, 0.29) is 11.0 Å². The lowest BCUT2D eigenvalue weighted by molar-refractivity contribution is 0.168. The molecule has 0 aliphatic rings. The van der Waals surface area contributed by atoms with Crippen molar-refractivity contribution in [3.8, 4) is 11.1 Å². The summed E-state index contributed by atoms with van der Waals surface area (Å²) in [7, 11) is 5.34. The van der Waals surface area contributed by atoms with Gasteiger partial charge in [0.25, 0.3) is 5.56 Å². The van der Waals surface area contributed by atoms with E-state index in [0.29, 0.717) is 45.5 Å². The van der Waals surface area contributed by atoms with E-state index in [4.69, 9.17) is 16.4 Å². The largest absolute Gasteiger partial charge is 0.412 e. The normalized spacial score (nSPS) is 11.5. The number of anilines is 3. The Morgan fingerprint density at radius 1 is 1.02 bits per heavy atom. The first-order valence-corrected chi connectivity index (χ1v) is 13.2. The SMILES string of the molecule is COn1c(=O)c(-c2cc(NC(=O)Nc3ccc(C(C)(C)C)cc3)ccc2Cl)cc2cnc(NCCN(C)C)nc21. The maximum atomic E-state index is 13.4. The Kier molecular flexibility index (Phi) is 8.61. The van der Waals surface area contributed by atoms with E-state index in [0.717, 1.165) is 11.3 Å². The minimum atomic E-state index is -0.449. The van der Waals surface area contributed by atoms with E-state index < -0.39 is 11.6 Å². The van der Waals surface area contributed by atoms with Crippen molar-refractivity contribution < 1.29 is 9.63 Å². The van der Waals surface area contributed by atoms with E-state index >= 15 is 0 Å². The lowest BCUT2D eigenvalue weighted by Gasteiger charge is -2.19. The summed E-state index contributed by atoms with van der Waals surface area (Å²) in [5.74, 6) is 0.385. The van der Waals surface area contributed by atoms with Gasteiger partial charge >= 0.3 is 6.03 Å². The number of fused-ring (bicyclic) bond motifs is 1. The maximum Gasteiger partial charge on any atom is 0.323 e. The Bertz CT molecular complexity index is 1580. The quantitative estimate of drug-likeness (QED) is 0.274. The van der Waals surface area contributed by atoms with Gasteiger partial charge in [0.15, 0.2) is 5.65 Å². The molecule has 0 saturated carbocycles. The summed E-state index contributed by atoms with van der Waals surface area (Å²) >= 11 is 6.51. The number of likely N-dealkylation sites (N-methyl/N-ethyl adjacent to an activating group) is 1. The van der Waals surface area contributed by atoms with Crippen LogP contribution in [-0.4, -0.2) is 59.9 Å². The lowest BCUT2D eigenvalue weighted by Crippen LogP contribution is -2.28. The smallest absolute Gasteiger partial charge is 0.323 e. The fourth-order valence-corrected chi connectivity index (χ4v) is 4.28. The van der Waals surface area contributed by atoms with Crippen molar-refractivity contribution in [1.29, 1.82) is 0 Å². The Balaban J connectivity index is 1.59. The molecule has 0 unspecified atom stereocenters. The summed E-state index contributed by atoms with van der Waals surface area (Å²) in [6, 6.07) is 13.9. The summed E-state index contributed by atoms with van der Waals surface area (Å²) in [5.41, 5.74) is 2.88. The zero-order valence-corrected chi connectivity index (χ0v) is 24.3.